The number of hydrogen-bond donors (Lipinski definition) is 1. The molecule has 5 heteroatoms. The highest BCUT2D eigenvalue weighted by Crippen LogP contribution is 2.33. The monoisotopic (exact) mass is 348 g/mol. The van der Waals surface area contributed by atoms with Crippen LogP contribution in [0.15, 0.2) is 34.9 Å². The molecule has 0 fully saturated rings. The van der Waals surface area contributed by atoms with Crippen LogP contribution in [0.3, 0.4) is 0 Å². The van der Waals surface area contributed by atoms with Crippen LogP contribution in [0, 0.1) is 0 Å². The average Bonchev–Trinajstić information content (AvgIpc) is 2.94. The first kappa shape index (κ1) is 14.2. The van der Waals surface area contributed by atoms with Gasteiger partial charge in [0.1, 0.15) is 5.75 Å². The molecular weight excluding hydrogens is 332 g/mol. The Kier molecular flexibility index (Phi) is 4.29. The summed E-state index contributed by atoms with van der Waals surface area (Å²) < 4.78 is 12.4. The second kappa shape index (κ2) is 6.35. The van der Waals surface area contributed by atoms with Crippen molar-refractivity contribution in [3.05, 3.63) is 46.1 Å². The average molecular weight is 349 g/mol. The number of pyridine rings is 1. The molecule has 0 amide bonds. The lowest BCUT2D eigenvalue weighted by Crippen LogP contribution is -2.05. The molecule has 0 bridgehead atoms. The second-order valence-electron chi connectivity index (χ2n) is 4.79. The van der Waals surface area contributed by atoms with Gasteiger partial charge in [-0.3, -0.25) is 0 Å². The van der Waals surface area contributed by atoms with E-state index < -0.39 is 0 Å². The Morgan fingerprint density at radius 1 is 1.43 bits per heavy atom. The molecule has 110 valence electrons. The summed E-state index contributed by atoms with van der Waals surface area (Å²) in [6.07, 6.45) is 2.72. The van der Waals surface area contributed by atoms with Crippen LogP contribution < -0.4 is 14.8 Å². The molecule has 0 saturated heterocycles. The maximum atomic E-state index is 5.74. The van der Waals surface area contributed by atoms with E-state index >= 15 is 0 Å². The number of rotatable bonds is 5. The standard InChI is InChI=1S/C16H17BrN2O2/c1-2-20-14-4-3-6-18-16(14)19-10-12-9-13(17)8-11-5-7-21-15(11)12/h3-4,6,8-9H,2,5,7,10H2,1H3,(H,18,19). The number of nitrogens with one attached hydrogen (secondary N) is 1. The van der Waals surface area contributed by atoms with Crippen molar-refractivity contribution in [2.75, 3.05) is 18.5 Å². The van der Waals surface area contributed by atoms with Gasteiger partial charge in [0.15, 0.2) is 11.6 Å². The quantitative estimate of drug-likeness (QED) is 0.892. The molecule has 1 N–H and O–H groups in total. The van der Waals surface area contributed by atoms with E-state index in [1.54, 1.807) is 6.20 Å². The molecule has 0 saturated carbocycles. The lowest BCUT2D eigenvalue weighted by Gasteiger charge is -2.13. The number of ether oxygens (including phenoxy) is 2. The van der Waals surface area contributed by atoms with Crippen molar-refractivity contribution < 1.29 is 9.47 Å². The van der Waals surface area contributed by atoms with Gasteiger partial charge in [-0.1, -0.05) is 15.9 Å². The van der Waals surface area contributed by atoms with Crippen LogP contribution in [0.25, 0.3) is 0 Å². The molecule has 0 unspecified atom stereocenters. The van der Waals surface area contributed by atoms with Crippen LogP contribution in [0.1, 0.15) is 18.1 Å². The molecule has 4 nitrogen and oxygen atoms in total. The molecule has 0 aliphatic carbocycles. The number of anilines is 1. The summed E-state index contributed by atoms with van der Waals surface area (Å²) in [5, 5.41) is 3.33. The van der Waals surface area contributed by atoms with Crippen LogP contribution in [0.2, 0.25) is 0 Å². The number of hydrogen-bond acceptors (Lipinski definition) is 4. The van der Waals surface area contributed by atoms with E-state index in [9.17, 15) is 0 Å². The predicted octanol–water partition coefficient (Wildman–Crippen LogP) is 3.79. The fourth-order valence-electron chi connectivity index (χ4n) is 2.45. The number of nitrogens with zero attached hydrogens (tertiary/aromatic N) is 1. The minimum absolute atomic E-state index is 0.621. The summed E-state index contributed by atoms with van der Waals surface area (Å²) >= 11 is 3.56. The summed E-state index contributed by atoms with van der Waals surface area (Å²) in [6, 6.07) is 8.00. The highest BCUT2D eigenvalue weighted by molar-refractivity contribution is 9.10. The summed E-state index contributed by atoms with van der Waals surface area (Å²) in [4.78, 5) is 4.34. The third-order valence-corrected chi connectivity index (χ3v) is 3.80. The summed E-state index contributed by atoms with van der Waals surface area (Å²) in [7, 11) is 0. The normalized spacial score (nSPS) is 12.7. The Balaban J connectivity index is 1.80. The van der Waals surface area contributed by atoms with E-state index in [2.05, 4.69) is 38.4 Å². The lowest BCUT2D eigenvalue weighted by molar-refractivity contribution is 0.340. The molecular formula is C16H17BrN2O2. The SMILES string of the molecule is CCOc1cccnc1NCc1cc(Br)cc2c1OCC2. The second-order valence-corrected chi connectivity index (χ2v) is 5.70. The highest BCUT2D eigenvalue weighted by Gasteiger charge is 2.17. The fraction of sp³-hybridized carbons (Fsp3) is 0.312. The molecule has 0 atom stereocenters. The molecule has 1 aromatic carbocycles. The van der Waals surface area contributed by atoms with Gasteiger partial charge in [0.2, 0.25) is 0 Å². The minimum atomic E-state index is 0.621. The van der Waals surface area contributed by atoms with Crippen molar-refractivity contribution in [1.29, 1.82) is 0 Å². The van der Waals surface area contributed by atoms with Crippen LogP contribution in [0.5, 0.6) is 11.5 Å². The van der Waals surface area contributed by atoms with E-state index in [-0.39, 0.29) is 0 Å². The third-order valence-electron chi connectivity index (χ3n) is 3.34. The summed E-state index contributed by atoms with van der Waals surface area (Å²) in [6.45, 7) is 3.99. The topological polar surface area (TPSA) is 43.4 Å². The van der Waals surface area contributed by atoms with Crippen molar-refractivity contribution in [2.45, 2.75) is 19.9 Å². The van der Waals surface area contributed by atoms with Gasteiger partial charge < -0.3 is 14.8 Å². The van der Waals surface area contributed by atoms with E-state index in [4.69, 9.17) is 9.47 Å². The first-order chi connectivity index (χ1) is 10.3. The Morgan fingerprint density at radius 2 is 2.33 bits per heavy atom. The highest BCUT2D eigenvalue weighted by atomic mass is 79.9. The van der Waals surface area contributed by atoms with Crippen LogP contribution >= 0.6 is 15.9 Å². The largest absolute Gasteiger partial charge is 0.493 e. The fourth-order valence-corrected chi connectivity index (χ4v) is 3.00. The van der Waals surface area contributed by atoms with Crippen LogP contribution in [-0.4, -0.2) is 18.2 Å². The van der Waals surface area contributed by atoms with Gasteiger partial charge in [0.05, 0.1) is 13.2 Å². The van der Waals surface area contributed by atoms with Crippen molar-refractivity contribution in [3.63, 3.8) is 0 Å². The molecule has 21 heavy (non-hydrogen) atoms. The van der Waals surface area contributed by atoms with Gasteiger partial charge in [-0.15, -0.1) is 0 Å². The number of benzene rings is 1. The zero-order chi connectivity index (χ0) is 14.7. The molecule has 0 spiro atoms. The van der Waals surface area contributed by atoms with Crippen molar-refractivity contribution in [3.8, 4) is 11.5 Å². The zero-order valence-electron chi connectivity index (χ0n) is 11.9. The Labute approximate surface area is 132 Å². The number of aromatic nitrogens is 1. The van der Waals surface area contributed by atoms with E-state index in [1.165, 1.54) is 5.56 Å². The van der Waals surface area contributed by atoms with Gasteiger partial charge in [-0.05, 0) is 36.8 Å². The van der Waals surface area contributed by atoms with Crippen LogP contribution in [0.4, 0.5) is 5.82 Å². The van der Waals surface area contributed by atoms with E-state index in [1.807, 2.05) is 19.1 Å². The maximum absolute atomic E-state index is 5.74. The van der Waals surface area contributed by atoms with E-state index in [0.29, 0.717) is 13.2 Å². The van der Waals surface area contributed by atoms with Gasteiger partial charge in [-0.25, -0.2) is 4.98 Å². The summed E-state index contributed by atoms with van der Waals surface area (Å²) in [5.41, 5.74) is 2.39. The zero-order valence-corrected chi connectivity index (χ0v) is 13.4. The molecule has 2 heterocycles. The molecule has 1 aromatic heterocycles. The number of halogens is 1. The Morgan fingerprint density at radius 3 is 3.19 bits per heavy atom. The lowest BCUT2D eigenvalue weighted by atomic mass is 10.1. The number of fused-ring (bicyclic) bond motifs is 1. The van der Waals surface area contributed by atoms with Gasteiger partial charge >= 0.3 is 0 Å². The van der Waals surface area contributed by atoms with Gasteiger partial charge in [0, 0.05) is 29.2 Å². The smallest absolute Gasteiger partial charge is 0.169 e. The first-order valence-corrected chi connectivity index (χ1v) is 7.83. The Hall–Kier alpha value is -1.75. The van der Waals surface area contributed by atoms with Gasteiger partial charge in [0.25, 0.3) is 0 Å². The maximum Gasteiger partial charge on any atom is 0.169 e. The molecule has 1 aliphatic rings. The predicted molar refractivity (Wildman–Crippen MR) is 86.1 cm³/mol. The van der Waals surface area contributed by atoms with Crippen molar-refractivity contribution in [1.82, 2.24) is 4.98 Å². The van der Waals surface area contributed by atoms with Gasteiger partial charge in [-0.2, -0.15) is 0 Å². The van der Waals surface area contributed by atoms with Crippen LogP contribution in [-0.2, 0) is 13.0 Å². The molecule has 3 rings (SSSR count). The molecule has 1 aliphatic heterocycles. The molecule has 2 aromatic rings. The third kappa shape index (κ3) is 3.13. The van der Waals surface area contributed by atoms with Crippen molar-refractivity contribution >= 4 is 21.7 Å². The Bertz CT molecular complexity index is 646. The molecule has 0 radical (unpaired) electrons. The first-order valence-electron chi connectivity index (χ1n) is 7.03. The van der Waals surface area contributed by atoms with E-state index in [0.717, 1.165) is 40.4 Å². The summed E-state index contributed by atoms with van der Waals surface area (Å²) in [5.74, 6) is 2.53. The van der Waals surface area contributed by atoms with Crippen molar-refractivity contribution in [2.24, 2.45) is 0 Å². The minimum Gasteiger partial charge on any atom is -0.493 e.